The first-order valence-corrected chi connectivity index (χ1v) is 6.37. The Kier molecular flexibility index (Phi) is 4.33. The van der Waals surface area contributed by atoms with Gasteiger partial charge < -0.3 is 4.74 Å². The summed E-state index contributed by atoms with van der Waals surface area (Å²) in [6, 6.07) is 9.51. The van der Waals surface area contributed by atoms with Gasteiger partial charge in [0.05, 0.1) is 10.9 Å². The number of hydrogen-bond acceptors (Lipinski definition) is 1. The molecule has 0 saturated carbocycles. The van der Waals surface area contributed by atoms with Crippen LogP contribution in [0.2, 0.25) is 10.0 Å². The highest BCUT2D eigenvalue weighted by atomic mass is 35.5. The fraction of sp³-hybridized carbons (Fsp3) is 0.0769. The molecule has 0 bridgehead atoms. The summed E-state index contributed by atoms with van der Waals surface area (Å²) < 4.78 is 19.2. The Morgan fingerprint density at radius 2 is 1.83 bits per heavy atom. The molecule has 1 nitrogen and oxygen atoms in total. The summed E-state index contributed by atoms with van der Waals surface area (Å²) in [7, 11) is 0. The van der Waals surface area contributed by atoms with Crippen LogP contribution in [0.1, 0.15) is 5.56 Å². The zero-order valence-corrected chi connectivity index (χ0v) is 11.4. The van der Waals surface area contributed by atoms with Gasteiger partial charge in [0.2, 0.25) is 0 Å². The molecule has 0 aliphatic rings. The standard InChI is InChI=1S/C13H8Cl3FO/c14-7-8-6-9(15)4-5-11(8)18-12-3-1-2-10(16)13(12)17/h1-6H,7H2. The van der Waals surface area contributed by atoms with E-state index in [0.29, 0.717) is 16.3 Å². The normalized spacial score (nSPS) is 10.4. The van der Waals surface area contributed by atoms with Crippen molar-refractivity contribution in [2.24, 2.45) is 0 Å². The SMILES string of the molecule is Fc1c(Cl)cccc1Oc1ccc(Cl)cc1CCl. The van der Waals surface area contributed by atoms with Gasteiger partial charge >= 0.3 is 0 Å². The summed E-state index contributed by atoms with van der Waals surface area (Å²) in [5.41, 5.74) is 0.684. The fourth-order valence-electron chi connectivity index (χ4n) is 1.43. The van der Waals surface area contributed by atoms with E-state index in [4.69, 9.17) is 39.5 Å². The lowest BCUT2D eigenvalue weighted by Gasteiger charge is -2.11. The third-order valence-electron chi connectivity index (χ3n) is 2.30. The molecular formula is C13H8Cl3FO. The third-order valence-corrected chi connectivity index (χ3v) is 3.12. The molecule has 0 aliphatic heterocycles. The summed E-state index contributed by atoms with van der Waals surface area (Å²) in [6.07, 6.45) is 0. The van der Waals surface area contributed by atoms with Crippen LogP contribution in [0.5, 0.6) is 11.5 Å². The van der Waals surface area contributed by atoms with Crippen LogP contribution in [0.15, 0.2) is 36.4 Å². The van der Waals surface area contributed by atoms with Crippen molar-refractivity contribution in [3.8, 4) is 11.5 Å². The summed E-state index contributed by atoms with van der Waals surface area (Å²) in [6.45, 7) is 0. The molecule has 0 radical (unpaired) electrons. The van der Waals surface area contributed by atoms with Gasteiger partial charge in [-0.15, -0.1) is 11.6 Å². The summed E-state index contributed by atoms with van der Waals surface area (Å²) in [5.74, 6) is 0.124. The summed E-state index contributed by atoms with van der Waals surface area (Å²) >= 11 is 17.3. The lowest BCUT2D eigenvalue weighted by Crippen LogP contribution is -1.92. The van der Waals surface area contributed by atoms with Crippen LogP contribution in [0, 0.1) is 5.82 Å². The lowest BCUT2D eigenvalue weighted by atomic mass is 10.2. The monoisotopic (exact) mass is 304 g/mol. The van der Waals surface area contributed by atoms with Crippen molar-refractivity contribution < 1.29 is 9.13 Å². The smallest absolute Gasteiger partial charge is 0.184 e. The van der Waals surface area contributed by atoms with Crippen LogP contribution in [0.3, 0.4) is 0 Å². The number of rotatable bonds is 3. The lowest BCUT2D eigenvalue weighted by molar-refractivity contribution is 0.439. The van der Waals surface area contributed by atoms with Gasteiger partial charge in [0, 0.05) is 10.6 Å². The van der Waals surface area contributed by atoms with Gasteiger partial charge in [0.15, 0.2) is 11.6 Å². The van der Waals surface area contributed by atoms with E-state index in [-0.39, 0.29) is 16.7 Å². The van der Waals surface area contributed by atoms with E-state index in [2.05, 4.69) is 0 Å². The number of alkyl halides is 1. The molecule has 0 unspecified atom stereocenters. The molecule has 0 amide bonds. The molecule has 0 atom stereocenters. The quantitative estimate of drug-likeness (QED) is 0.664. The van der Waals surface area contributed by atoms with Crippen LogP contribution in [0.25, 0.3) is 0 Å². The van der Waals surface area contributed by atoms with Crippen LogP contribution >= 0.6 is 34.8 Å². The average Bonchev–Trinajstić information content (AvgIpc) is 2.37. The van der Waals surface area contributed by atoms with Gasteiger partial charge in [-0.25, -0.2) is 4.39 Å². The molecule has 5 heteroatoms. The molecule has 0 aliphatic carbocycles. The van der Waals surface area contributed by atoms with E-state index in [1.807, 2.05) is 0 Å². The Balaban J connectivity index is 2.37. The first kappa shape index (κ1) is 13.5. The molecule has 2 rings (SSSR count). The molecule has 2 aromatic rings. The van der Waals surface area contributed by atoms with E-state index in [1.165, 1.54) is 12.1 Å². The van der Waals surface area contributed by atoms with E-state index in [9.17, 15) is 4.39 Å². The second kappa shape index (κ2) is 5.79. The number of hydrogen-bond donors (Lipinski definition) is 0. The minimum absolute atomic E-state index is 0.00823. The van der Waals surface area contributed by atoms with E-state index in [0.717, 1.165) is 0 Å². The molecule has 0 N–H and O–H groups in total. The molecule has 0 fully saturated rings. The van der Waals surface area contributed by atoms with Gasteiger partial charge in [0.25, 0.3) is 0 Å². The van der Waals surface area contributed by atoms with Gasteiger partial charge in [-0.2, -0.15) is 0 Å². The van der Waals surface area contributed by atoms with Crippen molar-refractivity contribution >= 4 is 34.8 Å². The molecule has 0 aromatic heterocycles. The van der Waals surface area contributed by atoms with Crippen molar-refractivity contribution in [2.75, 3.05) is 0 Å². The second-order valence-electron chi connectivity index (χ2n) is 3.54. The Morgan fingerprint density at radius 3 is 2.56 bits per heavy atom. The van der Waals surface area contributed by atoms with Crippen molar-refractivity contribution in [1.29, 1.82) is 0 Å². The highest BCUT2D eigenvalue weighted by Crippen LogP contribution is 2.32. The van der Waals surface area contributed by atoms with E-state index in [1.54, 1.807) is 24.3 Å². The first-order chi connectivity index (χ1) is 8.61. The van der Waals surface area contributed by atoms with Crippen LogP contribution < -0.4 is 4.74 Å². The van der Waals surface area contributed by atoms with Crippen molar-refractivity contribution in [2.45, 2.75) is 5.88 Å². The second-order valence-corrected chi connectivity index (χ2v) is 4.65. The maximum atomic E-state index is 13.7. The molecule has 0 spiro atoms. The fourth-order valence-corrected chi connectivity index (χ4v) is 2.00. The van der Waals surface area contributed by atoms with E-state index >= 15 is 0 Å². The third kappa shape index (κ3) is 2.89. The van der Waals surface area contributed by atoms with Gasteiger partial charge in [-0.1, -0.05) is 29.3 Å². The van der Waals surface area contributed by atoms with Crippen LogP contribution in [-0.4, -0.2) is 0 Å². The molecule has 0 saturated heterocycles. The van der Waals surface area contributed by atoms with E-state index < -0.39 is 5.82 Å². The topological polar surface area (TPSA) is 9.23 Å². The predicted octanol–water partition coefficient (Wildman–Crippen LogP) is 5.66. The number of halogens is 4. The average molecular weight is 306 g/mol. The summed E-state index contributed by atoms with van der Waals surface area (Å²) in [4.78, 5) is 0. The van der Waals surface area contributed by atoms with Crippen molar-refractivity contribution in [3.63, 3.8) is 0 Å². The Labute approximate surface area is 119 Å². The zero-order valence-electron chi connectivity index (χ0n) is 9.09. The molecular weight excluding hydrogens is 297 g/mol. The first-order valence-electron chi connectivity index (χ1n) is 5.08. The Morgan fingerprint density at radius 1 is 1.06 bits per heavy atom. The summed E-state index contributed by atoms with van der Waals surface area (Å²) in [5, 5.41) is 0.554. The van der Waals surface area contributed by atoms with Crippen molar-refractivity contribution in [3.05, 3.63) is 57.8 Å². The molecule has 2 aromatic carbocycles. The number of benzene rings is 2. The highest BCUT2D eigenvalue weighted by Gasteiger charge is 2.11. The van der Waals surface area contributed by atoms with Gasteiger partial charge in [-0.05, 0) is 30.3 Å². The van der Waals surface area contributed by atoms with Crippen LogP contribution in [0.4, 0.5) is 4.39 Å². The van der Waals surface area contributed by atoms with Gasteiger partial charge in [0.1, 0.15) is 5.75 Å². The molecule has 18 heavy (non-hydrogen) atoms. The van der Waals surface area contributed by atoms with Gasteiger partial charge in [-0.3, -0.25) is 0 Å². The minimum atomic E-state index is -0.602. The maximum Gasteiger partial charge on any atom is 0.184 e. The van der Waals surface area contributed by atoms with Crippen LogP contribution in [-0.2, 0) is 5.88 Å². The zero-order chi connectivity index (χ0) is 13.1. The largest absolute Gasteiger partial charge is 0.454 e. The van der Waals surface area contributed by atoms with Crippen molar-refractivity contribution in [1.82, 2.24) is 0 Å². The predicted molar refractivity (Wildman–Crippen MR) is 72.5 cm³/mol. The number of ether oxygens (including phenoxy) is 1. The Hall–Kier alpha value is -0.960. The minimum Gasteiger partial charge on any atom is -0.454 e. The Bertz CT molecular complexity index is 572. The molecule has 94 valence electrons. The highest BCUT2D eigenvalue weighted by molar-refractivity contribution is 6.31. The molecule has 0 heterocycles. The maximum absolute atomic E-state index is 13.7.